The fourth-order valence-corrected chi connectivity index (χ4v) is 5.14. The maximum absolute atomic E-state index is 10.6. The molecule has 3 aromatic rings. The fraction of sp³-hybridized carbons (Fsp3) is 0.324. The molecular weight excluding hydrogens is 536 g/mol. The predicted molar refractivity (Wildman–Crippen MR) is 168 cm³/mol. The van der Waals surface area contributed by atoms with E-state index in [2.05, 4.69) is 70.5 Å². The summed E-state index contributed by atoms with van der Waals surface area (Å²) in [6.45, 7) is 6.09. The monoisotopic (exact) mass is 576 g/mol. The third-order valence-electron chi connectivity index (χ3n) is 7.21. The number of nitrogens with zero attached hydrogens (tertiary/aromatic N) is 2. The van der Waals surface area contributed by atoms with Gasteiger partial charge >= 0.3 is 5.97 Å². The SMILES string of the molecule is COc1cc(C=CC=CC(=O)O)ccc1OCCCCCN1CCN(C(c2ccccc2)c2ccccc2)CC1.Cl. The molecule has 0 saturated carbocycles. The summed E-state index contributed by atoms with van der Waals surface area (Å²) in [5.41, 5.74) is 3.63. The van der Waals surface area contributed by atoms with Crippen molar-refractivity contribution in [3.05, 3.63) is 114 Å². The summed E-state index contributed by atoms with van der Waals surface area (Å²) in [7, 11) is 1.63. The number of hydrogen-bond acceptors (Lipinski definition) is 5. The van der Waals surface area contributed by atoms with Crippen LogP contribution in [0.4, 0.5) is 0 Å². The number of allylic oxidation sites excluding steroid dienone is 2. The molecule has 0 amide bonds. The zero-order valence-corrected chi connectivity index (χ0v) is 24.5. The van der Waals surface area contributed by atoms with Crippen molar-refractivity contribution in [2.75, 3.05) is 46.4 Å². The molecule has 7 heteroatoms. The van der Waals surface area contributed by atoms with E-state index in [0.717, 1.165) is 69.4 Å². The summed E-state index contributed by atoms with van der Waals surface area (Å²) in [5.74, 6) is 0.430. The number of aliphatic carboxylic acids is 1. The predicted octanol–water partition coefficient (Wildman–Crippen LogP) is 6.73. The summed E-state index contributed by atoms with van der Waals surface area (Å²) >= 11 is 0. The third-order valence-corrected chi connectivity index (χ3v) is 7.21. The largest absolute Gasteiger partial charge is 0.493 e. The van der Waals surface area contributed by atoms with Crippen LogP contribution in [0.3, 0.4) is 0 Å². The molecule has 3 aromatic carbocycles. The molecule has 0 bridgehead atoms. The number of methoxy groups -OCH3 is 1. The average Bonchev–Trinajstić information content (AvgIpc) is 2.99. The number of benzene rings is 3. The van der Waals surface area contributed by atoms with Gasteiger partial charge in [-0.2, -0.15) is 0 Å². The van der Waals surface area contributed by atoms with Crippen molar-refractivity contribution < 1.29 is 19.4 Å². The molecule has 4 rings (SSSR count). The Morgan fingerprint density at radius 1 is 0.854 bits per heavy atom. The molecule has 1 heterocycles. The molecule has 1 N–H and O–H groups in total. The maximum atomic E-state index is 10.6. The van der Waals surface area contributed by atoms with Crippen molar-refractivity contribution in [1.29, 1.82) is 0 Å². The summed E-state index contributed by atoms with van der Waals surface area (Å²) in [6.07, 6.45) is 9.38. The molecule has 0 radical (unpaired) electrons. The van der Waals surface area contributed by atoms with Crippen molar-refractivity contribution >= 4 is 24.5 Å². The lowest BCUT2D eigenvalue weighted by atomic mass is 9.96. The zero-order valence-electron chi connectivity index (χ0n) is 23.7. The first-order valence-electron chi connectivity index (χ1n) is 14.1. The van der Waals surface area contributed by atoms with Gasteiger partial charge in [-0.05, 0) is 54.6 Å². The zero-order chi connectivity index (χ0) is 28.0. The highest BCUT2D eigenvalue weighted by Crippen LogP contribution is 2.30. The van der Waals surface area contributed by atoms with Gasteiger partial charge in [0.25, 0.3) is 0 Å². The van der Waals surface area contributed by atoms with Crippen LogP contribution in [0, 0.1) is 0 Å². The van der Waals surface area contributed by atoms with Gasteiger partial charge in [0.1, 0.15) is 0 Å². The highest BCUT2D eigenvalue weighted by atomic mass is 35.5. The van der Waals surface area contributed by atoms with Crippen molar-refractivity contribution in [1.82, 2.24) is 9.80 Å². The van der Waals surface area contributed by atoms with Crippen LogP contribution in [-0.4, -0.2) is 67.3 Å². The van der Waals surface area contributed by atoms with Crippen LogP contribution in [0.25, 0.3) is 6.08 Å². The minimum Gasteiger partial charge on any atom is -0.493 e. The summed E-state index contributed by atoms with van der Waals surface area (Å²) < 4.78 is 11.5. The minimum atomic E-state index is -0.968. The van der Waals surface area contributed by atoms with Gasteiger partial charge < -0.3 is 19.5 Å². The van der Waals surface area contributed by atoms with Gasteiger partial charge in [-0.1, -0.05) is 85.0 Å². The normalized spacial score (nSPS) is 14.4. The molecule has 0 unspecified atom stereocenters. The Morgan fingerprint density at radius 2 is 1.51 bits per heavy atom. The van der Waals surface area contributed by atoms with Crippen LogP contribution < -0.4 is 9.47 Å². The summed E-state index contributed by atoms with van der Waals surface area (Å²) in [4.78, 5) is 15.8. The highest BCUT2D eigenvalue weighted by Gasteiger charge is 2.26. The number of rotatable bonds is 14. The van der Waals surface area contributed by atoms with E-state index in [1.54, 1.807) is 13.2 Å². The lowest BCUT2D eigenvalue weighted by Gasteiger charge is -2.39. The minimum absolute atomic E-state index is 0. The molecule has 0 aliphatic carbocycles. The van der Waals surface area contributed by atoms with Crippen LogP contribution in [0.2, 0.25) is 0 Å². The van der Waals surface area contributed by atoms with Gasteiger partial charge in [-0.25, -0.2) is 4.79 Å². The Morgan fingerprint density at radius 3 is 2.12 bits per heavy atom. The average molecular weight is 577 g/mol. The van der Waals surface area contributed by atoms with Crippen LogP contribution in [0.5, 0.6) is 11.5 Å². The first-order valence-corrected chi connectivity index (χ1v) is 14.1. The number of hydrogen-bond donors (Lipinski definition) is 1. The molecule has 0 spiro atoms. The Kier molecular flexibility index (Phi) is 13.5. The van der Waals surface area contributed by atoms with Gasteiger partial charge in [0.2, 0.25) is 0 Å². The molecule has 1 saturated heterocycles. The van der Waals surface area contributed by atoms with Gasteiger partial charge in [0.05, 0.1) is 19.8 Å². The van der Waals surface area contributed by atoms with E-state index >= 15 is 0 Å². The van der Waals surface area contributed by atoms with Gasteiger partial charge in [-0.15, -0.1) is 12.4 Å². The smallest absolute Gasteiger partial charge is 0.328 e. The quantitative estimate of drug-likeness (QED) is 0.130. The molecule has 1 aliphatic rings. The van der Waals surface area contributed by atoms with Crippen molar-refractivity contribution in [3.63, 3.8) is 0 Å². The van der Waals surface area contributed by atoms with E-state index in [1.807, 2.05) is 24.3 Å². The van der Waals surface area contributed by atoms with Crippen LogP contribution in [-0.2, 0) is 4.79 Å². The molecule has 218 valence electrons. The van der Waals surface area contributed by atoms with Gasteiger partial charge in [0.15, 0.2) is 11.5 Å². The van der Waals surface area contributed by atoms with E-state index in [4.69, 9.17) is 14.6 Å². The van der Waals surface area contributed by atoms with E-state index in [0.29, 0.717) is 18.4 Å². The molecule has 6 nitrogen and oxygen atoms in total. The van der Waals surface area contributed by atoms with E-state index in [-0.39, 0.29) is 12.4 Å². The Balaban J connectivity index is 0.00000462. The van der Waals surface area contributed by atoms with Gasteiger partial charge in [0, 0.05) is 32.3 Å². The topological polar surface area (TPSA) is 62.2 Å². The number of piperazine rings is 1. The third kappa shape index (κ3) is 10.1. The number of carboxylic acid groups (broad SMARTS) is 1. The Bertz CT molecular complexity index is 1200. The second kappa shape index (κ2) is 17.3. The molecule has 41 heavy (non-hydrogen) atoms. The standard InChI is InChI=1S/C34H40N2O4.ClH/c1-39-32-27-28(13-9-10-18-33(37)38)19-20-31(32)40-26-12-4-11-21-35-22-24-36(25-23-35)34(29-14-5-2-6-15-29)30-16-7-3-8-17-30;/h2-3,5-10,13-20,27,34H,4,11-12,21-26H2,1H3,(H,37,38);1H. The highest BCUT2D eigenvalue weighted by molar-refractivity contribution is 5.85. The first kappa shape index (κ1) is 31.9. The summed E-state index contributed by atoms with van der Waals surface area (Å²) in [6, 6.07) is 27.7. The number of carbonyl (C=O) groups is 1. The lowest BCUT2D eigenvalue weighted by Crippen LogP contribution is -2.48. The number of carboxylic acids is 1. The van der Waals surface area contributed by atoms with Crippen LogP contribution in [0.1, 0.15) is 42.0 Å². The number of unbranched alkanes of at least 4 members (excludes halogenated alkanes) is 2. The van der Waals surface area contributed by atoms with Crippen LogP contribution >= 0.6 is 12.4 Å². The lowest BCUT2D eigenvalue weighted by molar-refractivity contribution is -0.131. The first-order chi connectivity index (χ1) is 19.6. The molecule has 0 aromatic heterocycles. The second-order valence-electron chi connectivity index (χ2n) is 9.98. The summed E-state index contributed by atoms with van der Waals surface area (Å²) in [5, 5.41) is 8.67. The van der Waals surface area contributed by atoms with E-state index in [9.17, 15) is 4.79 Å². The number of halogens is 1. The molecule has 1 aliphatic heterocycles. The maximum Gasteiger partial charge on any atom is 0.328 e. The van der Waals surface area contributed by atoms with Crippen molar-refractivity contribution in [3.8, 4) is 11.5 Å². The Hall–Kier alpha value is -3.58. The molecular formula is C34H41ClN2O4. The molecule has 0 atom stereocenters. The van der Waals surface area contributed by atoms with Gasteiger partial charge in [-0.3, -0.25) is 4.90 Å². The molecule has 1 fully saturated rings. The van der Waals surface area contributed by atoms with Crippen LogP contribution in [0.15, 0.2) is 97.1 Å². The number of ether oxygens (including phenoxy) is 2. The van der Waals surface area contributed by atoms with Crippen molar-refractivity contribution in [2.45, 2.75) is 25.3 Å². The van der Waals surface area contributed by atoms with Crippen molar-refractivity contribution in [2.24, 2.45) is 0 Å². The second-order valence-corrected chi connectivity index (χ2v) is 9.98. The van der Waals surface area contributed by atoms with E-state index < -0.39 is 5.97 Å². The Labute approximate surface area is 250 Å². The van der Waals surface area contributed by atoms with E-state index in [1.165, 1.54) is 17.2 Å². The fourth-order valence-electron chi connectivity index (χ4n) is 5.14.